The van der Waals surface area contributed by atoms with E-state index >= 15 is 0 Å². The Labute approximate surface area is 173 Å². The van der Waals surface area contributed by atoms with Gasteiger partial charge in [-0.25, -0.2) is 4.79 Å². The van der Waals surface area contributed by atoms with Crippen molar-refractivity contribution < 1.29 is 14.3 Å². The highest BCUT2D eigenvalue weighted by Crippen LogP contribution is 2.49. The standard InChI is InChI=1S/C22H34N2O3S/c1-15-19(26-15)18-16(9-8-10-17(18)28-22(5,6)7)23-11-13-24(14-12-23)20(25)27-21(2,3)4/h8-10,15,19H,11-14H2,1-7H3. The molecule has 1 aromatic carbocycles. The lowest BCUT2D eigenvalue weighted by Gasteiger charge is -2.38. The fourth-order valence-corrected chi connectivity index (χ4v) is 4.60. The van der Waals surface area contributed by atoms with E-state index in [0.29, 0.717) is 13.1 Å². The van der Waals surface area contributed by atoms with Crippen molar-refractivity contribution in [2.45, 2.75) is 75.9 Å². The molecule has 2 unspecified atom stereocenters. The van der Waals surface area contributed by atoms with Crippen molar-refractivity contribution in [3.8, 4) is 0 Å². The summed E-state index contributed by atoms with van der Waals surface area (Å²) in [7, 11) is 0. The Balaban J connectivity index is 1.76. The van der Waals surface area contributed by atoms with Gasteiger partial charge < -0.3 is 19.3 Å². The third kappa shape index (κ3) is 5.35. The van der Waals surface area contributed by atoms with Gasteiger partial charge in [-0.15, -0.1) is 11.8 Å². The van der Waals surface area contributed by atoms with Crippen LogP contribution in [0.15, 0.2) is 23.1 Å². The zero-order valence-electron chi connectivity index (χ0n) is 18.2. The molecule has 0 aliphatic carbocycles. The summed E-state index contributed by atoms with van der Waals surface area (Å²) in [6.45, 7) is 17.5. The monoisotopic (exact) mass is 406 g/mol. The molecule has 0 saturated carbocycles. The van der Waals surface area contributed by atoms with Crippen molar-refractivity contribution in [1.29, 1.82) is 0 Å². The Morgan fingerprint density at radius 3 is 2.21 bits per heavy atom. The second kappa shape index (κ2) is 7.79. The Morgan fingerprint density at radius 2 is 1.71 bits per heavy atom. The van der Waals surface area contributed by atoms with Gasteiger partial charge in [0.15, 0.2) is 0 Å². The van der Waals surface area contributed by atoms with Crippen molar-refractivity contribution in [3.63, 3.8) is 0 Å². The summed E-state index contributed by atoms with van der Waals surface area (Å²) in [6.07, 6.45) is 0.219. The molecule has 0 spiro atoms. The van der Waals surface area contributed by atoms with Crippen LogP contribution in [0, 0.1) is 0 Å². The van der Waals surface area contributed by atoms with Gasteiger partial charge in [0.1, 0.15) is 11.7 Å². The molecule has 6 heteroatoms. The van der Waals surface area contributed by atoms with Crippen LogP contribution in [0.2, 0.25) is 0 Å². The summed E-state index contributed by atoms with van der Waals surface area (Å²) in [5.74, 6) is 0. The van der Waals surface area contributed by atoms with Crippen molar-refractivity contribution in [2.75, 3.05) is 31.1 Å². The van der Waals surface area contributed by atoms with E-state index in [1.165, 1.54) is 16.1 Å². The van der Waals surface area contributed by atoms with Gasteiger partial charge in [-0.05, 0) is 39.8 Å². The van der Waals surface area contributed by atoms with Gasteiger partial charge in [-0.1, -0.05) is 26.8 Å². The average Bonchev–Trinajstić information content (AvgIpc) is 3.28. The maximum Gasteiger partial charge on any atom is 0.410 e. The summed E-state index contributed by atoms with van der Waals surface area (Å²) >= 11 is 1.90. The predicted octanol–water partition coefficient (Wildman–Crippen LogP) is 5.09. The number of rotatable bonds is 3. The molecule has 0 N–H and O–H groups in total. The number of benzene rings is 1. The molecule has 2 atom stereocenters. The van der Waals surface area contributed by atoms with Crippen LogP contribution in [-0.4, -0.2) is 53.6 Å². The molecule has 2 fully saturated rings. The zero-order chi connectivity index (χ0) is 20.7. The summed E-state index contributed by atoms with van der Waals surface area (Å²) in [4.78, 5) is 17.9. The van der Waals surface area contributed by atoms with Crippen LogP contribution in [-0.2, 0) is 9.47 Å². The molecular weight excluding hydrogens is 372 g/mol. The van der Waals surface area contributed by atoms with E-state index in [4.69, 9.17) is 9.47 Å². The summed E-state index contributed by atoms with van der Waals surface area (Å²) in [6, 6.07) is 6.54. The van der Waals surface area contributed by atoms with Crippen molar-refractivity contribution >= 4 is 23.5 Å². The summed E-state index contributed by atoms with van der Waals surface area (Å²) in [5.41, 5.74) is 2.09. The highest BCUT2D eigenvalue weighted by molar-refractivity contribution is 8.00. The molecule has 1 amide bonds. The fraction of sp³-hybridized carbons (Fsp3) is 0.682. The largest absolute Gasteiger partial charge is 0.444 e. The average molecular weight is 407 g/mol. The van der Waals surface area contributed by atoms with Crippen molar-refractivity contribution in [2.24, 2.45) is 0 Å². The third-order valence-corrected chi connectivity index (χ3v) is 5.92. The SMILES string of the molecule is CC1OC1c1c(SC(C)(C)C)cccc1N1CCN(C(=O)OC(C)(C)C)CC1. The minimum absolute atomic E-state index is 0.140. The number of amides is 1. The molecular formula is C22H34N2O3S. The molecule has 28 heavy (non-hydrogen) atoms. The molecule has 5 nitrogen and oxygen atoms in total. The van der Waals surface area contributed by atoms with E-state index in [0.717, 1.165) is 13.1 Å². The van der Waals surface area contributed by atoms with Crippen LogP contribution in [0.5, 0.6) is 0 Å². The quantitative estimate of drug-likeness (QED) is 0.516. The zero-order valence-corrected chi connectivity index (χ0v) is 19.1. The van der Waals surface area contributed by atoms with E-state index in [2.05, 4.69) is 50.8 Å². The number of thioether (sulfide) groups is 1. The number of carbonyl (C=O) groups excluding carboxylic acids is 1. The van der Waals surface area contributed by atoms with Gasteiger partial charge in [-0.2, -0.15) is 0 Å². The molecule has 0 aromatic heterocycles. The first-order valence-corrected chi connectivity index (χ1v) is 11.0. The second-order valence-electron chi connectivity index (χ2n) is 9.62. The normalized spacial score (nSPS) is 23.0. The van der Waals surface area contributed by atoms with Gasteiger partial charge >= 0.3 is 6.09 Å². The number of hydrogen-bond donors (Lipinski definition) is 0. The van der Waals surface area contributed by atoms with Crippen molar-refractivity contribution in [1.82, 2.24) is 4.90 Å². The van der Waals surface area contributed by atoms with Crippen LogP contribution in [0.1, 0.15) is 60.1 Å². The highest BCUT2D eigenvalue weighted by Gasteiger charge is 2.41. The van der Waals surface area contributed by atoms with E-state index in [-0.39, 0.29) is 23.0 Å². The van der Waals surface area contributed by atoms with E-state index in [1.807, 2.05) is 37.4 Å². The number of nitrogens with zero attached hydrogens (tertiary/aromatic N) is 2. The van der Waals surface area contributed by atoms with Gasteiger partial charge in [-0.3, -0.25) is 0 Å². The van der Waals surface area contributed by atoms with Crippen LogP contribution in [0.4, 0.5) is 10.5 Å². The maximum atomic E-state index is 12.4. The number of piperazine rings is 1. The minimum atomic E-state index is -0.459. The van der Waals surface area contributed by atoms with Gasteiger partial charge in [0.05, 0.1) is 6.10 Å². The molecule has 2 aliphatic heterocycles. The Kier molecular flexibility index (Phi) is 5.93. The van der Waals surface area contributed by atoms with E-state index in [9.17, 15) is 4.79 Å². The fourth-order valence-electron chi connectivity index (χ4n) is 3.46. The lowest BCUT2D eigenvalue weighted by atomic mass is 10.1. The van der Waals surface area contributed by atoms with E-state index < -0.39 is 5.60 Å². The Bertz CT molecular complexity index is 715. The third-order valence-electron chi connectivity index (χ3n) is 4.73. The molecule has 2 heterocycles. The predicted molar refractivity (Wildman–Crippen MR) is 115 cm³/mol. The highest BCUT2D eigenvalue weighted by atomic mass is 32.2. The Hall–Kier alpha value is -1.40. The summed E-state index contributed by atoms with van der Waals surface area (Å²) in [5, 5.41) is 0. The number of epoxide rings is 1. The maximum absolute atomic E-state index is 12.4. The topological polar surface area (TPSA) is 45.3 Å². The first-order chi connectivity index (χ1) is 12.9. The van der Waals surface area contributed by atoms with Crippen molar-refractivity contribution in [3.05, 3.63) is 23.8 Å². The van der Waals surface area contributed by atoms with Gasteiger partial charge in [0.2, 0.25) is 0 Å². The Morgan fingerprint density at radius 1 is 1.11 bits per heavy atom. The molecule has 1 aromatic rings. The first-order valence-electron chi connectivity index (χ1n) is 10.1. The lowest BCUT2D eigenvalue weighted by Crippen LogP contribution is -2.50. The second-order valence-corrected chi connectivity index (χ2v) is 11.5. The number of ether oxygens (including phenoxy) is 2. The molecule has 2 saturated heterocycles. The number of hydrogen-bond acceptors (Lipinski definition) is 5. The van der Waals surface area contributed by atoms with Crippen LogP contribution in [0.3, 0.4) is 0 Å². The van der Waals surface area contributed by atoms with Crippen LogP contribution in [0.25, 0.3) is 0 Å². The van der Waals surface area contributed by atoms with Crippen LogP contribution < -0.4 is 4.90 Å². The lowest BCUT2D eigenvalue weighted by molar-refractivity contribution is 0.0240. The van der Waals surface area contributed by atoms with Gasteiger partial charge in [0, 0.05) is 47.1 Å². The number of carbonyl (C=O) groups is 1. The molecule has 0 bridgehead atoms. The van der Waals surface area contributed by atoms with E-state index in [1.54, 1.807) is 0 Å². The van der Waals surface area contributed by atoms with Crippen LogP contribution >= 0.6 is 11.8 Å². The minimum Gasteiger partial charge on any atom is -0.444 e. The smallest absolute Gasteiger partial charge is 0.410 e. The van der Waals surface area contributed by atoms with Gasteiger partial charge in [0.25, 0.3) is 0 Å². The number of anilines is 1. The molecule has 3 rings (SSSR count). The molecule has 2 aliphatic rings. The summed E-state index contributed by atoms with van der Waals surface area (Å²) < 4.78 is 11.5. The molecule has 156 valence electrons. The molecule has 0 radical (unpaired) electrons. The first kappa shape index (κ1) is 21.3.